The number of rotatable bonds is 3. The summed E-state index contributed by atoms with van der Waals surface area (Å²) in [6.45, 7) is 4.39. The van der Waals surface area contributed by atoms with Gasteiger partial charge in [-0.2, -0.15) is 0 Å². The van der Waals surface area contributed by atoms with E-state index >= 15 is 0 Å². The van der Waals surface area contributed by atoms with Crippen LogP contribution in [0.3, 0.4) is 0 Å². The molecule has 136 valence electrons. The summed E-state index contributed by atoms with van der Waals surface area (Å²) < 4.78 is 0. The molecule has 2 aliphatic rings. The number of carbonyl (C=O) groups is 2. The van der Waals surface area contributed by atoms with Crippen molar-refractivity contribution in [2.24, 2.45) is 5.41 Å². The normalized spacial score (nSPS) is 21.2. The summed E-state index contributed by atoms with van der Waals surface area (Å²) in [5, 5.41) is 0. The minimum atomic E-state index is -0.247. The second kappa shape index (κ2) is 6.79. The summed E-state index contributed by atoms with van der Waals surface area (Å²) in [6.07, 6.45) is 2.48. The predicted octanol–water partition coefficient (Wildman–Crippen LogP) is 2.07. The van der Waals surface area contributed by atoms with E-state index in [9.17, 15) is 9.59 Å². The average Bonchev–Trinajstić information content (AvgIpc) is 2.83. The van der Waals surface area contributed by atoms with Crippen molar-refractivity contribution in [3.05, 3.63) is 35.4 Å². The Labute approximate surface area is 150 Å². The fraction of sp³-hybridized carbons (Fsp3) is 0.600. The number of nitrogens with zero attached hydrogens (tertiary/aromatic N) is 3. The SMILES string of the molecule is Cc1ccccc1[C@H](C(=O)N1CCC2(CC1)CC(=O)N(C)C2)N(C)C. The lowest BCUT2D eigenvalue weighted by atomic mass is 9.77. The molecule has 0 unspecified atom stereocenters. The molecule has 0 aliphatic carbocycles. The summed E-state index contributed by atoms with van der Waals surface area (Å²) in [5.74, 6) is 0.415. The number of carbonyl (C=O) groups excluding carboxylic acids is 2. The van der Waals surface area contributed by atoms with Crippen LogP contribution in [0.4, 0.5) is 0 Å². The Morgan fingerprint density at radius 1 is 1.20 bits per heavy atom. The molecule has 5 nitrogen and oxygen atoms in total. The lowest BCUT2D eigenvalue weighted by Gasteiger charge is -2.40. The second-order valence-electron chi connectivity index (χ2n) is 7.97. The zero-order chi connectivity index (χ0) is 18.2. The van der Waals surface area contributed by atoms with Crippen LogP contribution in [0.15, 0.2) is 24.3 Å². The van der Waals surface area contributed by atoms with Crippen LogP contribution in [0.25, 0.3) is 0 Å². The van der Waals surface area contributed by atoms with Gasteiger partial charge in [-0.3, -0.25) is 14.5 Å². The number of likely N-dealkylation sites (tertiary alicyclic amines) is 2. The van der Waals surface area contributed by atoms with Crippen LogP contribution in [0.5, 0.6) is 0 Å². The molecule has 0 saturated carbocycles. The zero-order valence-electron chi connectivity index (χ0n) is 15.8. The van der Waals surface area contributed by atoms with Gasteiger partial charge in [0, 0.05) is 38.5 Å². The first-order valence-corrected chi connectivity index (χ1v) is 9.08. The standard InChI is InChI=1S/C20H29N3O2/c1-15-7-5-6-8-16(15)18(21(2)3)19(25)23-11-9-20(10-12-23)13-17(24)22(4)14-20/h5-8,18H,9-14H2,1-4H3/t18-/m1/s1. The minimum Gasteiger partial charge on any atom is -0.345 e. The van der Waals surface area contributed by atoms with Crippen LogP contribution in [-0.4, -0.2) is 67.3 Å². The Morgan fingerprint density at radius 2 is 1.84 bits per heavy atom. The summed E-state index contributed by atoms with van der Waals surface area (Å²) in [6, 6.07) is 7.87. The summed E-state index contributed by atoms with van der Waals surface area (Å²) in [4.78, 5) is 31.0. The molecule has 2 heterocycles. The Kier molecular flexibility index (Phi) is 4.87. The predicted molar refractivity (Wildman–Crippen MR) is 98.1 cm³/mol. The topological polar surface area (TPSA) is 43.9 Å². The van der Waals surface area contributed by atoms with Gasteiger partial charge in [0.1, 0.15) is 6.04 Å². The monoisotopic (exact) mass is 343 g/mol. The summed E-state index contributed by atoms with van der Waals surface area (Å²) in [5.41, 5.74) is 2.30. The smallest absolute Gasteiger partial charge is 0.244 e. The van der Waals surface area contributed by atoms with E-state index in [4.69, 9.17) is 0 Å². The Balaban J connectivity index is 1.73. The van der Waals surface area contributed by atoms with Crippen molar-refractivity contribution in [2.75, 3.05) is 40.8 Å². The first kappa shape index (κ1) is 17.9. The van der Waals surface area contributed by atoms with Crippen LogP contribution in [0, 0.1) is 12.3 Å². The molecule has 0 bridgehead atoms. The van der Waals surface area contributed by atoms with Crippen LogP contribution in [-0.2, 0) is 9.59 Å². The molecule has 2 fully saturated rings. The maximum absolute atomic E-state index is 13.2. The van der Waals surface area contributed by atoms with Crippen LogP contribution in [0.1, 0.15) is 36.4 Å². The molecular weight excluding hydrogens is 314 g/mol. The van der Waals surface area contributed by atoms with E-state index < -0.39 is 0 Å². The van der Waals surface area contributed by atoms with E-state index in [1.165, 1.54) is 0 Å². The molecule has 1 aromatic carbocycles. The number of aryl methyl sites for hydroxylation is 1. The molecule has 1 atom stereocenters. The summed E-state index contributed by atoms with van der Waals surface area (Å²) >= 11 is 0. The minimum absolute atomic E-state index is 0.0822. The number of benzene rings is 1. The highest BCUT2D eigenvalue weighted by Gasteiger charge is 2.45. The van der Waals surface area contributed by atoms with Gasteiger partial charge in [0.05, 0.1) is 0 Å². The second-order valence-corrected chi connectivity index (χ2v) is 7.97. The third kappa shape index (κ3) is 3.43. The number of hydrogen-bond donors (Lipinski definition) is 0. The van der Waals surface area contributed by atoms with Gasteiger partial charge in [0.25, 0.3) is 0 Å². The van der Waals surface area contributed by atoms with Gasteiger partial charge in [0.2, 0.25) is 11.8 Å². The lowest BCUT2D eigenvalue weighted by Crippen LogP contribution is -2.47. The molecule has 0 N–H and O–H groups in total. The Morgan fingerprint density at radius 3 is 2.36 bits per heavy atom. The first-order chi connectivity index (χ1) is 11.8. The molecule has 2 saturated heterocycles. The molecule has 0 radical (unpaired) electrons. The largest absolute Gasteiger partial charge is 0.345 e. The van der Waals surface area contributed by atoms with E-state index in [2.05, 4.69) is 13.0 Å². The van der Waals surface area contributed by atoms with Crippen molar-refractivity contribution in [2.45, 2.75) is 32.2 Å². The first-order valence-electron chi connectivity index (χ1n) is 9.08. The van der Waals surface area contributed by atoms with Gasteiger partial charge in [-0.15, -0.1) is 0 Å². The molecule has 2 amide bonds. The molecule has 3 rings (SSSR count). The van der Waals surface area contributed by atoms with Gasteiger partial charge in [0.15, 0.2) is 0 Å². The maximum Gasteiger partial charge on any atom is 0.244 e. The Hall–Kier alpha value is -1.88. The van der Waals surface area contributed by atoms with Crippen LogP contribution >= 0.6 is 0 Å². The van der Waals surface area contributed by atoms with Crippen molar-refractivity contribution in [1.82, 2.24) is 14.7 Å². The number of piperidine rings is 1. The number of hydrogen-bond acceptors (Lipinski definition) is 3. The highest BCUT2D eigenvalue weighted by molar-refractivity contribution is 5.84. The number of likely N-dealkylation sites (N-methyl/N-ethyl adjacent to an activating group) is 1. The van der Waals surface area contributed by atoms with E-state index in [1.54, 1.807) is 0 Å². The van der Waals surface area contributed by atoms with Gasteiger partial charge in [-0.05, 0) is 45.0 Å². The van der Waals surface area contributed by atoms with E-state index in [0.29, 0.717) is 6.42 Å². The van der Waals surface area contributed by atoms with Crippen molar-refractivity contribution in [3.63, 3.8) is 0 Å². The fourth-order valence-electron chi connectivity index (χ4n) is 4.34. The van der Waals surface area contributed by atoms with E-state index in [1.807, 2.05) is 54.0 Å². The third-order valence-electron chi connectivity index (χ3n) is 5.89. The van der Waals surface area contributed by atoms with Crippen LogP contribution in [0.2, 0.25) is 0 Å². The van der Waals surface area contributed by atoms with Crippen molar-refractivity contribution < 1.29 is 9.59 Å². The van der Waals surface area contributed by atoms with Gasteiger partial charge >= 0.3 is 0 Å². The van der Waals surface area contributed by atoms with E-state index in [-0.39, 0.29) is 23.3 Å². The third-order valence-corrected chi connectivity index (χ3v) is 5.89. The molecule has 0 aromatic heterocycles. The van der Waals surface area contributed by atoms with Gasteiger partial charge < -0.3 is 9.80 Å². The highest BCUT2D eigenvalue weighted by atomic mass is 16.2. The molecule has 1 spiro atoms. The number of amides is 2. The quantitative estimate of drug-likeness (QED) is 0.844. The molecular formula is C20H29N3O2. The van der Waals surface area contributed by atoms with Crippen molar-refractivity contribution in [1.29, 1.82) is 0 Å². The average molecular weight is 343 g/mol. The molecule has 1 aromatic rings. The Bertz CT molecular complexity index is 663. The highest BCUT2D eigenvalue weighted by Crippen LogP contribution is 2.41. The lowest BCUT2D eigenvalue weighted by molar-refractivity contribution is -0.138. The summed E-state index contributed by atoms with van der Waals surface area (Å²) in [7, 11) is 5.81. The van der Waals surface area contributed by atoms with Crippen LogP contribution < -0.4 is 0 Å². The van der Waals surface area contributed by atoms with Gasteiger partial charge in [-0.25, -0.2) is 0 Å². The molecule has 2 aliphatic heterocycles. The zero-order valence-corrected chi connectivity index (χ0v) is 15.8. The fourth-order valence-corrected chi connectivity index (χ4v) is 4.34. The van der Waals surface area contributed by atoms with Crippen molar-refractivity contribution in [3.8, 4) is 0 Å². The van der Waals surface area contributed by atoms with Gasteiger partial charge in [-0.1, -0.05) is 24.3 Å². The van der Waals surface area contributed by atoms with Crippen molar-refractivity contribution >= 4 is 11.8 Å². The van der Waals surface area contributed by atoms with E-state index in [0.717, 1.165) is 43.6 Å². The molecule has 25 heavy (non-hydrogen) atoms. The molecule has 5 heteroatoms. The maximum atomic E-state index is 13.2.